The van der Waals surface area contributed by atoms with Gasteiger partial charge in [-0.05, 0) is 30.7 Å². The highest BCUT2D eigenvalue weighted by atomic mass is 32.1. The molecule has 0 unspecified atom stereocenters. The Kier molecular flexibility index (Phi) is 5.88. The molecule has 27 heavy (non-hydrogen) atoms. The third-order valence-corrected chi connectivity index (χ3v) is 4.67. The van der Waals surface area contributed by atoms with Crippen LogP contribution in [0.1, 0.15) is 11.1 Å². The second-order valence-corrected chi connectivity index (χ2v) is 6.70. The number of ether oxygens (including phenoxy) is 2. The van der Waals surface area contributed by atoms with Gasteiger partial charge in [-0.2, -0.15) is 0 Å². The van der Waals surface area contributed by atoms with Crippen LogP contribution in [0.4, 0.5) is 5.13 Å². The molecule has 2 aromatic carbocycles. The molecule has 1 aromatic heterocycles. The maximum Gasteiger partial charge on any atom is 0.250 e. The molecule has 0 spiro atoms. The van der Waals surface area contributed by atoms with Crippen LogP contribution in [-0.4, -0.2) is 25.1 Å². The van der Waals surface area contributed by atoms with Crippen LogP contribution in [0.25, 0.3) is 17.3 Å². The molecule has 0 radical (unpaired) electrons. The Morgan fingerprint density at radius 3 is 2.52 bits per heavy atom. The Balaban J connectivity index is 1.66. The summed E-state index contributed by atoms with van der Waals surface area (Å²) in [6.45, 7) is 2.04. The number of benzene rings is 2. The van der Waals surface area contributed by atoms with Crippen molar-refractivity contribution >= 4 is 28.5 Å². The van der Waals surface area contributed by atoms with Gasteiger partial charge in [-0.1, -0.05) is 35.9 Å². The van der Waals surface area contributed by atoms with Gasteiger partial charge in [-0.3, -0.25) is 10.1 Å². The Hall–Kier alpha value is -3.12. The fourth-order valence-electron chi connectivity index (χ4n) is 2.46. The molecule has 3 rings (SSSR count). The number of carbonyl (C=O) groups excluding carboxylic acids is 1. The number of thiazole rings is 1. The molecule has 0 aliphatic rings. The van der Waals surface area contributed by atoms with Crippen LogP contribution in [0, 0.1) is 6.92 Å². The summed E-state index contributed by atoms with van der Waals surface area (Å²) in [6.07, 6.45) is 3.18. The number of rotatable bonds is 6. The second kappa shape index (κ2) is 8.51. The van der Waals surface area contributed by atoms with E-state index in [2.05, 4.69) is 10.3 Å². The van der Waals surface area contributed by atoms with Crippen LogP contribution in [0.5, 0.6) is 11.5 Å². The smallest absolute Gasteiger partial charge is 0.250 e. The number of nitrogens with zero attached hydrogens (tertiary/aromatic N) is 1. The highest BCUT2D eigenvalue weighted by Crippen LogP contribution is 2.28. The Morgan fingerprint density at radius 1 is 1.07 bits per heavy atom. The fraction of sp³-hybridized carbons (Fsp3) is 0.143. The van der Waals surface area contributed by atoms with Crippen molar-refractivity contribution in [1.82, 2.24) is 4.98 Å². The van der Waals surface area contributed by atoms with Crippen LogP contribution in [-0.2, 0) is 4.79 Å². The van der Waals surface area contributed by atoms with E-state index in [1.165, 1.54) is 23.0 Å². The fourth-order valence-corrected chi connectivity index (χ4v) is 3.19. The molecule has 0 aliphatic heterocycles. The van der Waals surface area contributed by atoms with E-state index < -0.39 is 0 Å². The van der Waals surface area contributed by atoms with Gasteiger partial charge < -0.3 is 9.47 Å². The lowest BCUT2D eigenvalue weighted by Gasteiger charge is -2.07. The van der Waals surface area contributed by atoms with Gasteiger partial charge in [-0.15, -0.1) is 11.3 Å². The molecule has 0 bridgehead atoms. The van der Waals surface area contributed by atoms with E-state index in [1.54, 1.807) is 26.4 Å². The topological polar surface area (TPSA) is 60.5 Å². The zero-order valence-corrected chi connectivity index (χ0v) is 16.2. The SMILES string of the molecule is COc1ccc(/C=C/C(=O)Nc2nc(-c3ccc(C)cc3)cs2)cc1OC. The molecule has 0 fully saturated rings. The van der Waals surface area contributed by atoms with Gasteiger partial charge in [0.15, 0.2) is 16.6 Å². The number of nitrogens with one attached hydrogen (secondary N) is 1. The Morgan fingerprint density at radius 2 is 1.81 bits per heavy atom. The third kappa shape index (κ3) is 4.74. The lowest BCUT2D eigenvalue weighted by Crippen LogP contribution is -2.07. The monoisotopic (exact) mass is 380 g/mol. The summed E-state index contributed by atoms with van der Waals surface area (Å²) in [5.41, 5.74) is 3.91. The number of hydrogen-bond acceptors (Lipinski definition) is 5. The summed E-state index contributed by atoms with van der Waals surface area (Å²) in [6, 6.07) is 13.6. The van der Waals surface area contributed by atoms with Crippen LogP contribution < -0.4 is 14.8 Å². The van der Waals surface area contributed by atoms with E-state index in [1.807, 2.05) is 48.7 Å². The van der Waals surface area contributed by atoms with Crippen LogP contribution in [0.15, 0.2) is 53.9 Å². The molecule has 1 heterocycles. The van der Waals surface area contributed by atoms with Gasteiger partial charge in [0.05, 0.1) is 19.9 Å². The molecule has 6 heteroatoms. The summed E-state index contributed by atoms with van der Waals surface area (Å²) in [7, 11) is 3.16. The van der Waals surface area contributed by atoms with E-state index in [-0.39, 0.29) is 5.91 Å². The average Bonchev–Trinajstić information content (AvgIpc) is 3.15. The van der Waals surface area contributed by atoms with Gasteiger partial charge in [0.25, 0.3) is 0 Å². The Labute approximate surface area is 162 Å². The standard InChI is InChI=1S/C21H20N2O3S/c1-14-4-8-16(9-5-14)17-13-27-21(22-17)23-20(24)11-7-15-6-10-18(25-2)19(12-15)26-3/h4-13H,1-3H3,(H,22,23,24)/b11-7+. The quantitative estimate of drug-likeness (QED) is 0.625. The van der Waals surface area contributed by atoms with Crippen molar-refractivity contribution in [2.75, 3.05) is 19.5 Å². The van der Waals surface area contributed by atoms with E-state index in [4.69, 9.17) is 9.47 Å². The number of anilines is 1. The van der Waals surface area contributed by atoms with Crippen LogP contribution in [0.3, 0.4) is 0 Å². The summed E-state index contributed by atoms with van der Waals surface area (Å²) >= 11 is 1.40. The van der Waals surface area contributed by atoms with Gasteiger partial charge in [-0.25, -0.2) is 4.98 Å². The van der Waals surface area contributed by atoms with Gasteiger partial charge in [0.1, 0.15) is 0 Å². The van der Waals surface area contributed by atoms with E-state index in [0.29, 0.717) is 16.6 Å². The molecule has 5 nitrogen and oxygen atoms in total. The molecule has 138 valence electrons. The number of aromatic nitrogens is 1. The molecule has 1 amide bonds. The summed E-state index contributed by atoms with van der Waals surface area (Å²) in [5.74, 6) is 1.02. The molecular weight excluding hydrogens is 360 g/mol. The van der Waals surface area contributed by atoms with Gasteiger partial charge in [0, 0.05) is 17.0 Å². The minimum atomic E-state index is -0.241. The van der Waals surface area contributed by atoms with Crippen LogP contribution >= 0.6 is 11.3 Å². The van der Waals surface area contributed by atoms with Crippen molar-refractivity contribution in [3.8, 4) is 22.8 Å². The number of carbonyl (C=O) groups is 1. The highest BCUT2D eigenvalue weighted by molar-refractivity contribution is 7.14. The molecular formula is C21H20N2O3S. The first kappa shape index (κ1) is 18.7. The predicted molar refractivity (Wildman–Crippen MR) is 109 cm³/mol. The number of methoxy groups -OCH3 is 2. The molecule has 0 atom stereocenters. The number of amides is 1. The minimum Gasteiger partial charge on any atom is -0.493 e. The largest absolute Gasteiger partial charge is 0.493 e. The summed E-state index contributed by atoms with van der Waals surface area (Å²) in [4.78, 5) is 16.6. The lowest BCUT2D eigenvalue weighted by atomic mass is 10.1. The predicted octanol–water partition coefficient (Wildman–Crippen LogP) is 4.79. The highest BCUT2D eigenvalue weighted by Gasteiger charge is 2.07. The van der Waals surface area contributed by atoms with Crippen molar-refractivity contribution in [1.29, 1.82) is 0 Å². The van der Waals surface area contributed by atoms with Crippen LogP contribution in [0.2, 0.25) is 0 Å². The first-order chi connectivity index (χ1) is 13.1. The molecule has 0 saturated carbocycles. The maximum atomic E-state index is 12.2. The van der Waals surface area contributed by atoms with Crippen molar-refractivity contribution in [2.24, 2.45) is 0 Å². The van der Waals surface area contributed by atoms with E-state index in [9.17, 15) is 4.79 Å². The average molecular weight is 380 g/mol. The molecule has 1 N–H and O–H groups in total. The first-order valence-electron chi connectivity index (χ1n) is 8.32. The number of hydrogen-bond donors (Lipinski definition) is 1. The van der Waals surface area contributed by atoms with Gasteiger partial charge in [0.2, 0.25) is 5.91 Å². The normalized spacial score (nSPS) is 10.8. The number of aryl methyl sites for hydroxylation is 1. The maximum absolute atomic E-state index is 12.2. The van der Waals surface area contributed by atoms with Crippen molar-refractivity contribution in [2.45, 2.75) is 6.92 Å². The summed E-state index contributed by atoms with van der Waals surface area (Å²) < 4.78 is 10.5. The molecule has 3 aromatic rings. The van der Waals surface area contributed by atoms with E-state index in [0.717, 1.165) is 16.8 Å². The molecule has 0 aliphatic carbocycles. The van der Waals surface area contributed by atoms with Crippen molar-refractivity contribution in [3.63, 3.8) is 0 Å². The minimum absolute atomic E-state index is 0.241. The zero-order chi connectivity index (χ0) is 19.2. The summed E-state index contributed by atoms with van der Waals surface area (Å²) in [5, 5.41) is 5.28. The van der Waals surface area contributed by atoms with E-state index >= 15 is 0 Å². The third-order valence-electron chi connectivity index (χ3n) is 3.92. The molecule has 0 saturated heterocycles. The van der Waals surface area contributed by atoms with Gasteiger partial charge >= 0.3 is 0 Å². The second-order valence-electron chi connectivity index (χ2n) is 5.84. The first-order valence-corrected chi connectivity index (χ1v) is 9.20. The zero-order valence-electron chi connectivity index (χ0n) is 15.4. The van der Waals surface area contributed by atoms with Crippen molar-refractivity contribution < 1.29 is 14.3 Å². The van der Waals surface area contributed by atoms with Crippen molar-refractivity contribution in [3.05, 3.63) is 65.0 Å². The Bertz CT molecular complexity index is 962. The lowest BCUT2D eigenvalue weighted by molar-refractivity contribution is -0.111.